The van der Waals surface area contributed by atoms with E-state index in [1.165, 1.54) is 31.4 Å². The molecule has 1 aliphatic carbocycles. The number of nitrogens with zero attached hydrogens (tertiary/aromatic N) is 3. The predicted octanol–water partition coefficient (Wildman–Crippen LogP) is 4.44. The lowest BCUT2D eigenvalue weighted by Gasteiger charge is -2.42. The summed E-state index contributed by atoms with van der Waals surface area (Å²) in [5.74, 6) is 0.866. The Labute approximate surface area is 210 Å². The van der Waals surface area contributed by atoms with Crippen LogP contribution in [0.1, 0.15) is 44.2 Å². The minimum atomic E-state index is -4.17. The van der Waals surface area contributed by atoms with E-state index in [1.807, 2.05) is 0 Å². The molecule has 1 N–H and O–H groups in total. The van der Waals surface area contributed by atoms with Crippen LogP contribution in [0.4, 0.5) is 0 Å². The number of benzene rings is 1. The van der Waals surface area contributed by atoms with Gasteiger partial charge in [0.25, 0.3) is 0 Å². The number of hydrogen-bond donors (Lipinski definition) is 1. The van der Waals surface area contributed by atoms with E-state index in [4.69, 9.17) is 23.2 Å². The zero-order valence-electron chi connectivity index (χ0n) is 18.8. The maximum absolute atomic E-state index is 13.6. The summed E-state index contributed by atoms with van der Waals surface area (Å²) in [6.45, 7) is 1.59. The van der Waals surface area contributed by atoms with Crippen LogP contribution in [0.15, 0.2) is 41.4 Å². The smallest absolute Gasteiger partial charge is 0.244 e. The molecule has 1 amide bonds. The van der Waals surface area contributed by atoms with Crippen molar-refractivity contribution >= 4 is 39.1 Å². The fraction of sp³-hybridized carbons (Fsp3) is 0.500. The number of hydrogen-bond acceptors (Lipinski definition) is 4. The molecule has 1 saturated heterocycles. The van der Waals surface area contributed by atoms with E-state index in [9.17, 15) is 18.5 Å². The van der Waals surface area contributed by atoms with E-state index in [1.54, 1.807) is 33.9 Å². The molecule has 7 nitrogen and oxygen atoms in total. The summed E-state index contributed by atoms with van der Waals surface area (Å²) in [7, 11) is -4.17. The maximum Gasteiger partial charge on any atom is 0.244 e. The molecule has 0 bridgehead atoms. The Morgan fingerprint density at radius 3 is 2.53 bits per heavy atom. The van der Waals surface area contributed by atoms with Crippen LogP contribution in [0.3, 0.4) is 0 Å². The standard InChI is InChI=1S/C24H28Cl2N4O3S/c25-20-8-3-9-21(26)23(20)34(32,33)28-22(11-14-29-12-4-7-19(29)15-27)24(31)30-13-10-17-5-1-2-6-18(17)16-30/h3-4,7-9,12,17-18,22,28H,1-2,5-6,10-11,13-14,16H2/t17-,18+,22?/m0/s1. The average molecular weight is 523 g/mol. The minimum Gasteiger partial charge on any atom is -0.341 e. The van der Waals surface area contributed by atoms with Crippen LogP contribution in [-0.2, 0) is 21.4 Å². The average Bonchev–Trinajstić information content (AvgIpc) is 3.28. The summed E-state index contributed by atoms with van der Waals surface area (Å²) in [6, 6.07) is 8.99. The number of fused-ring (bicyclic) bond motifs is 1. The lowest BCUT2D eigenvalue weighted by molar-refractivity contribution is -0.136. The van der Waals surface area contributed by atoms with E-state index < -0.39 is 16.1 Å². The number of nitrogens with one attached hydrogen (secondary N) is 1. The van der Waals surface area contributed by atoms with Gasteiger partial charge in [-0.15, -0.1) is 0 Å². The molecule has 10 heteroatoms. The number of aromatic nitrogens is 1. The zero-order chi connectivity index (χ0) is 24.3. The van der Waals surface area contributed by atoms with Crippen molar-refractivity contribution in [2.75, 3.05) is 13.1 Å². The number of piperidine rings is 1. The Bertz CT molecular complexity index is 1170. The molecule has 2 aliphatic rings. The first-order chi connectivity index (χ1) is 16.3. The third kappa shape index (κ3) is 5.44. The topological polar surface area (TPSA) is 95.2 Å². The summed E-state index contributed by atoms with van der Waals surface area (Å²) in [6.07, 6.45) is 7.61. The fourth-order valence-corrected chi connectivity index (χ4v) is 7.59. The highest BCUT2D eigenvalue weighted by molar-refractivity contribution is 7.89. The van der Waals surface area contributed by atoms with Gasteiger partial charge in [-0.1, -0.05) is 48.5 Å². The van der Waals surface area contributed by atoms with Gasteiger partial charge in [0.2, 0.25) is 15.9 Å². The molecule has 0 radical (unpaired) electrons. The molecule has 182 valence electrons. The third-order valence-electron chi connectivity index (χ3n) is 6.99. The summed E-state index contributed by atoms with van der Waals surface area (Å²) in [4.78, 5) is 15.2. The second-order valence-electron chi connectivity index (χ2n) is 9.09. The van der Waals surface area contributed by atoms with Crippen molar-refractivity contribution < 1.29 is 13.2 Å². The van der Waals surface area contributed by atoms with E-state index >= 15 is 0 Å². The SMILES string of the molecule is N#Cc1cccn1CCC(NS(=O)(=O)c1c(Cl)cccc1Cl)C(=O)N1CC[C@@H]2CCCC[C@@H]2C1. The van der Waals surface area contributed by atoms with Crippen LogP contribution in [-0.4, -0.2) is 42.9 Å². The lowest BCUT2D eigenvalue weighted by atomic mass is 9.75. The summed E-state index contributed by atoms with van der Waals surface area (Å²) >= 11 is 12.3. The van der Waals surface area contributed by atoms with Crippen LogP contribution in [0, 0.1) is 23.2 Å². The minimum absolute atomic E-state index is 0.00797. The normalized spacial score (nSPS) is 21.5. The summed E-state index contributed by atoms with van der Waals surface area (Å²) in [5.41, 5.74) is 0.450. The number of aryl methyl sites for hydroxylation is 1. The van der Waals surface area contributed by atoms with E-state index in [2.05, 4.69) is 10.8 Å². The molecule has 1 aromatic carbocycles. The Kier molecular flexibility index (Phi) is 7.88. The molecule has 2 aromatic rings. The first-order valence-corrected chi connectivity index (χ1v) is 13.8. The van der Waals surface area contributed by atoms with Gasteiger partial charge in [0.15, 0.2) is 0 Å². The van der Waals surface area contributed by atoms with Gasteiger partial charge < -0.3 is 9.47 Å². The number of halogens is 2. The van der Waals surface area contributed by atoms with Crippen LogP contribution >= 0.6 is 23.2 Å². The molecule has 2 fully saturated rings. The van der Waals surface area contributed by atoms with Gasteiger partial charge in [-0.3, -0.25) is 4.79 Å². The third-order valence-corrected chi connectivity index (χ3v) is 9.41. The van der Waals surface area contributed by atoms with Gasteiger partial charge in [0, 0.05) is 25.8 Å². The largest absolute Gasteiger partial charge is 0.341 e. The predicted molar refractivity (Wildman–Crippen MR) is 131 cm³/mol. The van der Waals surface area contributed by atoms with Crippen LogP contribution in [0.2, 0.25) is 10.0 Å². The molecule has 4 rings (SSSR count). The molecule has 1 saturated carbocycles. The van der Waals surface area contributed by atoms with Crippen LogP contribution < -0.4 is 4.72 Å². The zero-order valence-corrected chi connectivity index (χ0v) is 21.1. The van der Waals surface area contributed by atoms with Gasteiger partial charge in [-0.2, -0.15) is 9.98 Å². The first-order valence-electron chi connectivity index (χ1n) is 11.6. The van der Waals surface area contributed by atoms with Crippen molar-refractivity contribution in [3.05, 3.63) is 52.3 Å². The molecular formula is C24H28Cl2N4O3S. The number of carbonyl (C=O) groups is 1. The number of sulfonamides is 1. The molecule has 1 aromatic heterocycles. The molecule has 2 heterocycles. The second-order valence-corrected chi connectivity index (χ2v) is 11.6. The highest BCUT2D eigenvalue weighted by Gasteiger charge is 2.37. The van der Waals surface area contributed by atoms with E-state index in [0.29, 0.717) is 37.2 Å². The van der Waals surface area contributed by atoms with Crippen LogP contribution in [0.5, 0.6) is 0 Å². The monoisotopic (exact) mass is 522 g/mol. The van der Waals surface area contributed by atoms with Crippen LogP contribution in [0.25, 0.3) is 0 Å². The lowest BCUT2D eigenvalue weighted by Crippen LogP contribution is -2.53. The number of likely N-dealkylation sites (tertiary alicyclic amines) is 1. The quantitative estimate of drug-likeness (QED) is 0.581. The van der Waals surface area contributed by atoms with Crippen molar-refractivity contribution in [3.8, 4) is 6.07 Å². The van der Waals surface area contributed by atoms with Gasteiger partial charge in [0.1, 0.15) is 22.7 Å². The van der Waals surface area contributed by atoms with Crippen molar-refractivity contribution in [1.29, 1.82) is 5.26 Å². The first kappa shape index (κ1) is 25.1. The van der Waals surface area contributed by atoms with Crippen molar-refractivity contribution in [1.82, 2.24) is 14.2 Å². The van der Waals surface area contributed by atoms with Crippen molar-refractivity contribution in [2.24, 2.45) is 11.8 Å². The fourth-order valence-electron chi connectivity index (χ4n) is 5.22. The molecule has 0 spiro atoms. The number of carbonyl (C=O) groups excluding carboxylic acids is 1. The summed E-state index contributed by atoms with van der Waals surface area (Å²) in [5, 5.41) is 9.29. The van der Waals surface area contributed by atoms with Crippen molar-refractivity contribution in [2.45, 2.75) is 56.0 Å². The van der Waals surface area contributed by atoms with E-state index in [-0.39, 0.29) is 27.3 Å². The van der Waals surface area contributed by atoms with Crippen molar-refractivity contribution in [3.63, 3.8) is 0 Å². The Morgan fingerprint density at radius 1 is 1.12 bits per heavy atom. The molecular weight excluding hydrogens is 495 g/mol. The Hall–Kier alpha value is -2.05. The highest BCUT2D eigenvalue weighted by atomic mass is 35.5. The van der Waals surface area contributed by atoms with Gasteiger partial charge in [-0.05, 0) is 55.4 Å². The van der Waals surface area contributed by atoms with Gasteiger partial charge in [0.05, 0.1) is 10.0 Å². The number of rotatable bonds is 7. The molecule has 3 atom stereocenters. The maximum atomic E-state index is 13.6. The Morgan fingerprint density at radius 2 is 1.82 bits per heavy atom. The Balaban J connectivity index is 1.57. The highest BCUT2D eigenvalue weighted by Crippen LogP contribution is 2.36. The number of amides is 1. The number of nitriles is 1. The molecule has 1 unspecified atom stereocenters. The summed E-state index contributed by atoms with van der Waals surface area (Å²) < 4.78 is 30.8. The molecule has 34 heavy (non-hydrogen) atoms. The van der Waals surface area contributed by atoms with Gasteiger partial charge in [-0.25, -0.2) is 8.42 Å². The second kappa shape index (κ2) is 10.7. The van der Waals surface area contributed by atoms with E-state index in [0.717, 1.165) is 12.8 Å². The molecule has 1 aliphatic heterocycles. The van der Waals surface area contributed by atoms with Gasteiger partial charge >= 0.3 is 0 Å².